The maximum Gasteiger partial charge on any atom is 0.419 e. The van der Waals surface area contributed by atoms with Gasteiger partial charge in [0, 0.05) is 0 Å². The Morgan fingerprint density at radius 3 is 2.48 bits per heavy atom. The second kappa shape index (κ2) is 7.33. The molecule has 0 fully saturated rings. The van der Waals surface area contributed by atoms with Crippen LogP contribution in [0.1, 0.15) is 45.7 Å². The summed E-state index contributed by atoms with van der Waals surface area (Å²) in [5.74, 6) is -1.66. The largest absolute Gasteiger partial charge is 0.419 e. The Morgan fingerprint density at radius 2 is 1.71 bits per heavy atom. The number of hydrogen-bond donors (Lipinski definition) is 0. The minimum atomic E-state index is -4.72. The van der Waals surface area contributed by atoms with Crippen molar-refractivity contribution in [1.29, 1.82) is 0 Å². The van der Waals surface area contributed by atoms with Crippen LogP contribution < -0.4 is 0 Å². The van der Waals surface area contributed by atoms with Crippen molar-refractivity contribution in [3.8, 4) is 11.1 Å². The molecule has 0 heterocycles. The molecule has 31 heavy (non-hydrogen) atoms. The first-order valence-electron chi connectivity index (χ1n) is 10.3. The Balaban J connectivity index is 1.57. The molecule has 5 rings (SSSR count). The van der Waals surface area contributed by atoms with Crippen molar-refractivity contribution in [2.45, 2.75) is 37.8 Å². The number of fused-ring (bicyclic) bond motifs is 5. The van der Waals surface area contributed by atoms with Crippen molar-refractivity contribution in [3.63, 3.8) is 0 Å². The van der Waals surface area contributed by atoms with E-state index in [0.717, 1.165) is 52.8 Å². The van der Waals surface area contributed by atoms with Crippen LogP contribution in [0.5, 0.6) is 0 Å². The molecule has 2 aliphatic rings. The van der Waals surface area contributed by atoms with Crippen LogP contribution in [0.3, 0.4) is 0 Å². The molecule has 0 nitrogen and oxygen atoms in total. The van der Waals surface area contributed by atoms with Gasteiger partial charge in [0.15, 0.2) is 0 Å². The normalized spacial score (nSPS) is 17.1. The molecule has 3 aromatic carbocycles. The molecule has 0 bridgehead atoms. The number of halogens is 5. The third kappa shape index (κ3) is 3.56. The van der Waals surface area contributed by atoms with Crippen molar-refractivity contribution in [1.82, 2.24) is 0 Å². The van der Waals surface area contributed by atoms with Gasteiger partial charge in [-0.05, 0) is 94.8 Å². The summed E-state index contributed by atoms with van der Waals surface area (Å²) in [6.45, 7) is 0. The van der Waals surface area contributed by atoms with E-state index in [0.29, 0.717) is 18.4 Å². The minimum absolute atomic E-state index is 0.0726. The number of rotatable bonds is 2. The van der Waals surface area contributed by atoms with Gasteiger partial charge in [-0.3, -0.25) is 0 Å². The molecule has 0 radical (unpaired) electrons. The minimum Gasteiger partial charge on any atom is -0.207 e. The summed E-state index contributed by atoms with van der Waals surface area (Å²) in [4.78, 5) is 0. The molecule has 1 unspecified atom stereocenters. The first-order chi connectivity index (χ1) is 14.8. The van der Waals surface area contributed by atoms with Gasteiger partial charge in [-0.1, -0.05) is 36.4 Å². The number of benzene rings is 3. The van der Waals surface area contributed by atoms with Gasteiger partial charge in [0.25, 0.3) is 0 Å². The molecule has 0 amide bonds. The second-order valence-corrected chi connectivity index (χ2v) is 8.25. The summed E-state index contributed by atoms with van der Waals surface area (Å²) in [6, 6.07) is 11.9. The maximum atomic E-state index is 14.1. The Morgan fingerprint density at radius 1 is 0.871 bits per heavy atom. The first kappa shape index (κ1) is 20.0. The number of allylic oxidation sites excluding steroid dienone is 1. The fourth-order valence-corrected chi connectivity index (χ4v) is 4.94. The van der Waals surface area contributed by atoms with Gasteiger partial charge in [-0.15, -0.1) is 0 Å². The molecule has 1 atom stereocenters. The highest BCUT2D eigenvalue weighted by Crippen LogP contribution is 2.44. The van der Waals surface area contributed by atoms with Gasteiger partial charge in [0.05, 0.1) is 5.56 Å². The molecule has 0 aromatic heterocycles. The van der Waals surface area contributed by atoms with Crippen LogP contribution in [0, 0.1) is 11.6 Å². The highest BCUT2D eigenvalue weighted by atomic mass is 19.4. The second-order valence-electron chi connectivity index (χ2n) is 8.25. The molecular weight excluding hydrogens is 407 g/mol. The van der Waals surface area contributed by atoms with Crippen LogP contribution in [-0.2, 0) is 25.4 Å². The van der Waals surface area contributed by atoms with Crippen molar-refractivity contribution < 1.29 is 22.0 Å². The van der Waals surface area contributed by atoms with Gasteiger partial charge < -0.3 is 0 Å². The van der Waals surface area contributed by atoms with E-state index in [9.17, 15) is 22.0 Å². The summed E-state index contributed by atoms with van der Waals surface area (Å²) in [5, 5.41) is 0. The zero-order valence-electron chi connectivity index (χ0n) is 16.6. The van der Waals surface area contributed by atoms with Crippen LogP contribution in [0.15, 0.2) is 54.6 Å². The fraction of sp³-hybridized carbons (Fsp3) is 0.231. The zero-order chi connectivity index (χ0) is 21.8. The van der Waals surface area contributed by atoms with E-state index in [2.05, 4.69) is 18.2 Å². The third-order valence-corrected chi connectivity index (χ3v) is 6.34. The highest BCUT2D eigenvalue weighted by Gasteiger charge is 2.34. The average Bonchev–Trinajstić information content (AvgIpc) is 2.72. The number of alkyl halides is 3. The molecule has 0 saturated carbocycles. The van der Waals surface area contributed by atoms with Crippen LogP contribution in [0.4, 0.5) is 22.0 Å². The molecule has 0 saturated heterocycles. The SMILES string of the molecule is Fc1ccc2c(c1)-c1ccc3c(c1CC2Cc1ccc(C(F)(F)F)c(F)c1)CCC=C3. The summed E-state index contributed by atoms with van der Waals surface area (Å²) < 4.78 is 67.0. The summed E-state index contributed by atoms with van der Waals surface area (Å²) in [7, 11) is 0. The monoisotopic (exact) mass is 426 g/mol. The van der Waals surface area contributed by atoms with Crippen LogP contribution >= 0.6 is 0 Å². The average molecular weight is 426 g/mol. The van der Waals surface area contributed by atoms with Crippen LogP contribution in [0.2, 0.25) is 0 Å². The summed E-state index contributed by atoms with van der Waals surface area (Å²) in [6.07, 6.45) is 2.42. The summed E-state index contributed by atoms with van der Waals surface area (Å²) >= 11 is 0. The van der Waals surface area contributed by atoms with E-state index in [1.807, 2.05) is 6.07 Å². The molecule has 5 heteroatoms. The Hall–Kier alpha value is -2.95. The van der Waals surface area contributed by atoms with Crippen molar-refractivity contribution in [3.05, 3.63) is 99.6 Å². The molecular formula is C26H19F5. The van der Waals surface area contributed by atoms with E-state index < -0.39 is 17.6 Å². The maximum absolute atomic E-state index is 14.1. The predicted octanol–water partition coefficient (Wildman–Crippen LogP) is 7.49. The lowest BCUT2D eigenvalue weighted by Crippen LogP contribution is -2.17. The first-order valence-corrected chi connectivity index (χ1v) is 10.3. The van der Waals surface area contributed by atoms with Gasteiger partial charge in [-0.2, -0.15) is 13.2 Å². The molecule has 3 aromatic rings. The predicted molar refractivity (Wildman–Crippen MR) is 111 cm³/mol. The van der Waals surface area contributed by atoms with Crippen molar-refractivity contribution >= 4 is 6.08 Å². The lowest BCUT2D eigenvalue weighted by Gasteiger charge is -2.31. The van der Waals surface area contributed by atoms with Crippen molar-refractivity contribution in [2.24, 2.45) is 0 Å². The van der Waals surface area contributed by atoms with Crippen molar-refractivity contribution in [2.75, 3.05) is 0 Å². The van der Waals surface area contributed by atoms with Gasteiger partial charge in [0.1, 0.15) is 11.6 Å². The third-order valence-electron chi connectivity index (χ3n) is 6.34. The van der Waals surface area contributed by atoms with Gasteiger partial charge >= 0.3 is 6.18 Å². The topological polar surface area (TPSA) is 0 Å². The van der Waals surface area contributed by atoms with Gasteiger partial charge in [0.2, 0.25) is 0 Å². The molecule has 2 aliphatic carbocycles. The van der Waals surface area contributed by atoms with E-state index in [1.54, 1.807) is 6.07 Å². The van der Waals surface area contributed by atoms with E-state index >= 15 is 0 Å². The van der Waals surface area contributed by atoms with E-state index in [4.69, 9.17) is 0 Å². The Kier molecular flexibility index (Phi) is 4.72. The smallest absolute Gasteiger partial charge is 0.207 e. The van der Waals surface area contributed by atoms with E-state index in [-0.39, 0.29) is 11.7 Å². The number of hydrogen-bond acceptors (Lipinski definition) is 0. The van der Waals surface area contributed by atoms with Gasteiger partial charge in [-0.25, -0.2) is 8.78 Å². The standard InChI is InChI=1S/C26H19F5/c27-18-7-9-20-17(11-15-5-10-24(25(28)12-15)26(29,30)31)13-22-19-4-2-1-3-16(19)6-8-21(22)23(20)14-18/h1,3,5-10,12,14,17H,2,4,11,13H2. The Labute approximate surface area is 177 Å². The molecule has 0 spiro atoms. The Bertz CT molecular complexity index is 1200. The molecule has 158 valence electrons. The van der Waals surface area contributed by atoms with Crippen LogP contribution in [0.25, 0.3) is 17.2 Å². The lowest BCUT2D eigenvalue weighted by atomic mass is 9.73. The highest BCUT2D eigenvalue weighted by molar-refractivity contribution is 5.78. The quantitative estimate of drug-likeness (QED) is 0.372. The lowest BCUT2D eigenvalue weighted by molar-refractivity contribution is -0.140. The summed E-state index contributed by atoms with van der Waals surface area (Å²) in [5.41, 5.74) is 5.59. The fourth-order valence-electron chi connectivity index (χ4n) is 4.94. The van der Waals surface area contributed by atoms with Crippen LogP contribution in [-0.4, -0.2) is 0 Å². The molecule has 0 aliphatic heterocycles. The van der Waals surface area contributed by atoms with E-state index in [1.165, 1.54) is 23.8 Å². The zero-order valence-corrected chi connectivity index (χ0v) is 16.6. The molecule has 0 N–H and O–H groups in total.